The van der Waals surface area contributed by atoms with Crippen molar-refractivity contribution in [3.05, 3.63) is 70.7 Å². The van der Waals surface area contributed by atoms with Crippen molar-refractivity contribution >= 4 is 17.4 Å². The SMILES string of the molecule is Cc1ccc(C2=C(N3CCOCC3)C(=O)N(Cc3cccnc3)C2=O)c(C)c1. The molecule has 3 heterocycles. The minimum atomic E-state index is -0.248. The molecule has 1 aromatic carbocycles. The first-order valence-corrected chi connectivity index (χ1v) is 9.46. The minimum Gasteiger partial charge on any atom is -0.378 e. The highest BCUT2D eigenvalue weighted by atomic mass is 16.5. The molecule has 0 bridgehead atoms. The largest absolute Gasteiger partial charge is 0.378 e. The fourth-order valence-corrected chi connectivity index (χ4v) is 3.80. The fourth-order valence-electron chi connectivity index (χ4n) is 3.80. The van der Waals surface area contributed by atoms with Crippen LogP contribution in [0.25, 0.3) is 5.57 Å². The van der Waals surface area contributed by atoms with Crippen LogP contribution in [0, 0.1) is 13.8 Å². The van der Waals surface area contributed by atoms with Crippen molar-refractivity contribution in [2.75, 3.05) is 26.3 Å². The maximum absolute atomic E-state index is 13.4. The highest BCUT2D eigenvalue weighted by molar-refractivity contribution is 6.35. The molecule has 2 amide bonds. The van der Waals surface area contributed by atoms with E-state index >= 15 is 0 Å². The highest BCUT2D eigenvalue weighted by Crippen LogP contribution is 2.34. The monoisotopic (exact) mass is 377 g/mol. The van der Waals surface area contributed by atoms with Crippen molar-refractivity contribution in [2.24, 2.45) is 0 Å². The third-order valence-corrected chi connectivity index (χ3v) is 5.19. The first kappa shape index (κ1) is 18.4. The Balaban J connectivity index is 1.78. The molecule has 2 aromatic rings. The molecule has 2 aliphatic rings. The van der Waals surface area contributed by atoms with E-state index in [0.717, 1.165) is 22.3 Å². The van der Waals surface area contributed by atoms with Gasteiger partial charge in [-0.15, -0.1) is 0 Å². The molecular formula is C22H23N3O3. The van der Waals surface area contributed by atoms with Crippen molar-refractivity contribution in [3.8, 4) is 0 Å². The Bertz CT molecular complexity index is 947. The summed E-state index contributed by atoms with van der Waals surface area (Å²) < 4.78 is 5.44. The molecule has 6 nitrogen and oxygen atoms in total. The summed E-state index contributed by atoms with van der Waals surface area (Å²) in [6.07, 6.45) is 3.36. The first-order valence-electron chi connectivity index (χ1n) is 9.46. The third-order valence-electron chi connectivity index (χ3n) is 5.19. The number of pyridine rings is 1. The van der Waals surface area contributed by atoms with Crippen LogP contribution in [-0.2, 0) is 20.9 Å². The number of ether oxygens (including phenoxy) is 1. The van der Waals surface area contributed by atoms with E-state index in [9.17, 15) is 9.59 Å². The molecule has 1 aromatic heterocycles. The molecule has 0 radical (unpaired) electrons. The summed E-state index contributed by atoms with van der Waals surface area (Å²) in [4.78, 5) is 34.1. The maximum Gasteiger partial charge on any atom is 0.278 e. The molecule has 0 spiro atoms. The van der Waals surface area contributed by atoms with Gasteiger partial charge in [-0.1, -0.05) is 29.8 Å². The highest BCUT2D eigenvalue weighted by Gasteiger charge is 2.42. The first-order chi connectivity index (χ1) is 13.6. The van der Waals surface area contributed by atoms with Crippen molar-refractivity contribution in [1.82, 2.24) is 14.8 Å². The van der Waals surface area contributed by atoms with Gasteiger partial charge in [0.1, 0.15) is 5.70 Å². The summed E-state index contributed by atoms with van der Waals surface area (Å²) in [7, 11) is 0. The standard InChI is InChI=1S/C22H23N3O3/c1-15-5-6-18(16(2)12-15)19-20(24-8-10-28-11-9-24)22(27)25(21(19)26)14-17-4-3-7-23-13-17/h3-7,12-13H,8-11,14H2,1-2H3. The van der Waals surface area contributed by atoms with Crippen molar-refractivity contribution < 1.29 is 14.3 Å². The van der Waals surface area contributed by atoms with E-state index in [1.807, 2.05) is 49.1 Å². The average molecular weight is 377 g/mol. The van der Waals surface area contributed by atoms with E-state index in [2.05, 4.69) is 4.98 Å². The van der Waals surface area contributed by atoms with Crippen LogP contribution in [-0.4, -0.2) is 52.9 Å². The Kier molecular flexibility index (Phi) is 4.96. The average Bonchev–Trinajstić information content (AvgIpc) is 2.94. The van der Waals surface area contributed by atoms with E-state index in [1.165, 1.54) is 4.90 Å². The van der Waals surface area contributed by atoms with Gasteiger partial charge < -0.3 is 9.64 Å². The molecular weight excluding hydrogens is 354 g/mol. The van der Waals surface area contributed by atoms with Crippen LogP contribution >= 0.6 is 0 Å². The molecule has 0 N–H and O–H groups in total. The van der Waals surface area contributed by atoms with Gasteiger partial charge in [-0.2, -0.15) is 0 Å². The summed E-state index contributed by atoms with van der Waals surface area (Å²) in [6.45, 7) is 6.51. The topological polar surface area (TPSA) is 62.7 Å². The van der Waals surface area contributed by atoms with E-state index in [1.54, 1.807) is 12.4 Å². The smallest absolute Gasteiger partial charge is 0.278 e. The van der Waals surface area contributed by atoms with Crippen molar-refractivity contribution in [2.45, 2.75) is 20.4 Å². The number of benzene rings is 1. The van der Waals surface area contributed by atoms with Crippen molar-refractivity contribution in [1.29, 1.82) is 0 Å². The quantitative estimate of drug-likeness (QED) is 0.765. The lowest BCUT2D eigenvalue weighted by molar-refractivity contribution is -0.138. The number of amides is 2. The fraction of sp³-hybridized carbons (Fsp3) is 0.318. The molecule has 1 saturated heterocycles. The lowest BCUT2D eigenvalue weighted by Crippen LogP contribution is -2.40. The van der Waals surface area contributed by atoms with Gasteiger partial charge in [-0.05, 0) is 36.6 Å². The van der Waals surface area contributed by atoms with Gasteiger partial charge in [-0.3, -0.25) is 19.5 Å². The Labute approximate surface area is 164 Å². The van der Waals surface area contributed by atoms with E-state index in [0.29, 0.717) is 37.6 Å². The number of morpholine rings is 1. The Hall–Kier alpha value is -2.99. The number of carbonyl (C=O) groups excluding carboxylic acids is 2. The van der Waals surface area contributed by atoms with Crippen LogP contribution in [0.2, 0.25) is 0 Å². The molecule has 2 aliphatic heterocycles. The summed E-state index contributed by atoms with van der Waals surface area (Å²) in [6, 6.07) is 9.65. The van der Waals surface area contributed by atoms with E-state index < -0.39 is 0 Å². The van der Waals surface area contributed by atoms with Gasteiger partial charge in [0.2, 0.25) is 0 Å². The molecule has 28 heavy (non-hydrogen) atoms. The van der Waals surface area contributed by atoms with Crippen LogP contribution in [0.5, 0.6) is 0 Å². The van der Waals surface area contributed by atoms with Gasteiger partial charge >= 0.3 is 0 Å². The van der Waals surface area contributed by atoms with E-state index in [4.69, 9.17) is 4.74 Å². The zero-order valence-electron chi connectivity index (χ0n) is 16.1. The second-order valence-electron chi connectivity index (χ2n) is 7.20. The zero-order chi connectivity index (χ0) is 19.7. The normalized spacial score (nSPS) is 17.6. The van der Waals surface area contributed by atoms with Gasteiger partial charge in [0.25, 0.3) is 11.8 Å². The Morgan fingerprint density at radius 3 is 2.54 bits per heavy atom. The second kappa shape index (κ2) is 7.56. The van der Waals surface area contributed by atoms with Crippen LogP contribution in [0.15, 0.2) is 48.4 Å². The predicted octanol–water partition coefficient (Wildman–Crippen LogP) is 2.31. The van der Waals surface area contributed by atoms with Crippen LogP contribution < -0.4 is 0 Å². The van der Waals surface area contributed by atoms with Gasteiger partial charge in [-0.25, -0.2) is 0 Å². The minimum absolute atomic E-state index is 0.216. The Morgan fingerprint density at radius 1 is 1.07 bits per heavy atom. The van der Waals surface area contributed by atoms with E-state index in [-0.39, 0.29) is 18.4 Å². The number of rotatable bonds is 4. The third kappa shape index (κ3) is 3.31. The summed E-state index contributed by atoms with van der Waals surface area (Å²) in [5.74, 6) is -0.493. The van der Waals surface area contributed by atoms with Crippen molar-refractivity contribution in [3.63, 3.8) is 0 Å². The molecule has 0 aliphatic carbocycles. The van der Waals surface area contributed by atoms with Gasteiger partial charge in [0.15, 0.2) is 0 Å². The lowest BCUT2D eigenvalue weighted by Gasteiger charge is -2.29. The van der Waals surface area contributed by atoms with Gasteiger partial charge in [0, 0.05) is 25.5 Å². The molecule has 0 atom stereocenters. The number of carbonyl (C=O) groups is 2. The number of aromatic nitrogens is 1. The summed E-state index contributed by atoms with van der Waals surface area (Å²) >= 11 is 0. The molecule has 144 valence electrons. The van der Waals surface area contributed by atoms with Crippen LogP contribution in [0.1, 0.15) is 22.3 Å². The molecule has 1 fully saturated rings. The molecule has 4 rings (SSSR count). The van der Waals surface area contributed by atoms with Crippen LogP contribution in [0.4, 0.5) is 0 Å². The number of hydrogen-bond donors (Lipinski definition) is 0. The lowest BCUT2D eigenvalue weighted by atomic mass is 9.97. The molecule has 0 unspecified atom stereocenters. The molecule has 0 saturated carbocycles. The van der Waals surface area contributed by atoms with Gasteiger partial charge in [0.05, 0.1) is 25.3 Å². The Morgan fingerprint density at radius 2 is 1.86 bits per heavy atom. The summed E-state index contributed by atoms with van der Waals surface area (Å²) in [5, 5.41) is 0. The second-order valence-corrected chi connectivity index (χ2v) is 7.20. The van der Waals surface area contributed by atoms with Crippen LogP contribution in [0.3, 0.4) is 0 Å². The number of aryl methyl sites for hydroxylation is 2. The number of imide groups is 1. The number of hydrogen-bond acceptors (Lipinski definition) is 5. The number of nitrogens with zero attached hydrogens (tertiary/aromatic N) is 3. The molecule has 6 heteroatoms. The summed E-state index contributed by atoms with van der Waals surface area (Å²) in [5.41, 5.74) is 4.74. The predicted molar refractivity (Wildman–Crippen MR) is 105 cm³/mol. The maximum atomic E-state index is 13.4. The zero-order valence-corrected chi connectivity index (χ0v) is 16.1.